The van der Waals surface area contributed by atoms with Gasteiger partial charge in [0.1, 0.15) is 11.5 Å². The number of ether oxygens (including phenoxy) is 3. The van der Waals surface area contributed by atoms with Crippen LogP contribution in [0.2, 0.25) is 0 Å². The van der Waals surface area contributed by atoms with Gasteiger partial charge in [-0.05, 0) is 36.4 Å². The molecule has 23 heavy (non-hydrogen) atoms. The van der Waals surface area contributed by atoms with E-state index < -0.39 is 0 Å². The third-order valence-corrected chi connectivity index (χ3v) is 4.52. The van der Waals surface area contributed by atoms with Gasteiger partial charge in [0.25, 0.3) is 0 Å². The second-order valence-electron chi connectivity index (χ2n) is 6.00. The zero-order valence-electron chi connectivity index (χ0n) is 13.1. The molecule has 120 valence electrons. The fourth-order valence-electron chi connectivity index (χ4n) is 3.24. The quantitative estimate of drug-likeness (QED) is 0.862. The molecular weight excluding hydrogens is 290 g/mol. The van der Waals surface area contributed by atoms with E-state index in [0.29, 0.717) is 0 Å². The van der Waals surface area contributed by atoms with E-state index >= 15 is 0 Å². The smallest absolute Gasteiger partial charge is 0.171 e. The van der Waals surface area contributed by atoms with Crippen LogP contribution in [0.25, 0.3) is 0 Å². The number of hydrogen-bond donors (Lipinski definition) is 0. The number of nitrogens with zero attached hydrogens (tertiary/aromatic N) is 1. The van der Waals surface area contributed by atoms with Crippen molar-refractivity contribution >= 4 is 5.69 Å². The molecule has 0 N–H and O–H groups in total. The van der Waals surface area contributed by atoms with Crippen molar-refractivity contribution in [3.05, 3.63) is 54.6 Å². The minimum atomic E-state index is -0.313. The molecule has 2 saturated heterocycles. The van der Waals surface area contributed by atoms with Gasteiger partial charge in [-0.15, -0.1) is 0 Å². The van der Waals surface area contributed by atoms with Gasteiger partial charge in [-0.2, -0.15) is 0 Å². The topological polar surface area (TPSA) is 30.9 Å². The Bertz CT molecular complexity index is 625. The zero-order valence-corrected chi connectivity index (χ0v) is 13.1. The van der Waals surface area contributed by atoms with Crippen LogP contribution in [0.15, 0.2) is 54.6 Å². The average molecular weight is 311 g/mol. The maximum absolute atomic E-state index is 5.84. The lowest BCUT2D eigenvalue weighted by molar-refractivity contribution is -0.169. The fraction of sp³-hybridized carbons (Fsp3) is 0.368. The molecule has 0 aromatic heterocycles. The van der Waals surface area contributed by atoms with Crippen LogP contribution in [-0.4, -0.2) is 32.1 Å². The Morgan fingerprint density at radius 1 is 0.783 bits per heavy atom. The predicted octanol–water partition coefficient (Wildman–Crippen LogP) is 3.82. The normalized spacial score (nSPS) is 19.9. The molecule has 4 heteroatoms. The average Bonchev–Trinajstić information content (AvgIpc) is 3.06. The fourth-order valence-corrected chi connectivity index (χ4v) is 3.24. The molecule has 4 nitrogen and oxygen atoms in total. The first-order valence-corrected chi connectivity index (χ1v) is 8.19. The summed E-state index contributed by atoms with van der Waals surface area (Å²) in [6.07, 6.45) is 1.85. The number of hydrogen-bond acceptors (Lipinski definition) is 4. The summed E-state index contributed by atoms with van der Waals surface area (Å²) in [6, 6.07) is 18.1. The Morgan fingerprint density at radius 2 is 1.39 bits per heavy atom. The van der Waals surface area contributed by atoms with Crippen molar-refractivity contribution in [3.8, 4) is 11.5 Å². The summed E-state index contributed by atoms with van der Waals surface area (Å²) in [6.45, 7) is 3.37. The number of benzene rings is 2. The highest BCUT2D eigenvalue weighted by Gasteiger charge is 2.39. The monoisotopic (exact) mass is 311 g/mol. The summed E-state index contributed by atoms with van der Waals surface area (Å²) in [5, 5.41) is 0. The molecule has 0 saturated carbocycles. The Labute approximate surface area is 136 Å². The van der Waals surface area contributed by atoms with Crippen LogP contribution in [0, 0.1) is 0 Å². The first-order chi connectivity index (χ1) is 11.3. The van der Waals surface area contributed by atoms with E-state index in [1.165, 1.54) is 5.69 Å². The lowest BCUT2D eigenvalue weighted by Gasteiger charge is -2.38. The van der Waals surface area contributed by atoms with E-state index in [2.05, 4.69) is 17.0 Å². The van der Waals surface area contributed by atoms with Crippen LogP contribution in [0.1, 0.15) is 12.8 Å². The lowest BCUT2D eigenvalue weighted by Crippen LogP contribution is -2.45. The number of anilines is 1. The number of piperidine rings is 1. The molecule has 2 fully saturated rings. The van der Waals surface area contributed by atoms with Crippen molar-refractivity contribution in [2.45, 2.75) is 18.6 Å². The second-order valence-corrected chi connectivity index (χ2v) is 6.00. The van der Waals surface area contributed by atoms with E-state index in [1.807, 2.05) is 42.5 Å². The van der Waals surface area contributed by atoms with E-state index in [-0.39, 0.29) is 5.79 Å². The van der Waals surface area contributed by atoms with Crippen molar-refractivity contribution in [3.63, 3.8) is 0 Å². The van der Waals surface area contributed by atoms with Gasteiger partial charge in [0.15, 0.2) is 5.79 Å². The standard InChI is InChI=1S/C19H21NO3/c1-2-4-17(5-3-1)23-18-8-6-16(7-9-18)20-12-10-19(11-13-20)21-14-15-22-19/h1-9H,10-15H2. The van der Waals surface area contributed by atoms with E-state index in [0.717, 1.165) is 50.6 Å². The van der Waals surface area contributed by atoms with Gasteiger partial charge in [-0.1, -0.05) is 18.2 Å². The third kappa shape index (κ3) is 3.19. The summed E-state index contributed by atoms with van der Waals surface area (Å²) in [5.74, 6) is 1.40. The molecule has 0 atom stereocenters. The van der Waals surface area contributed by atoms with Gasteiger partial charge < -0.3 is 19.1 Å². The summed E-state index contributed by atoms with van der Waals surface area (Å²) < 4.78 is 17.4. The van der Waals surface area contributed by atoms with Crippen LogP contribution < -0.4 is 9.64 Å². The minimum Gasteiger partial charge on any atom is -0.457 e. The van der Waals surface area contributed by atoms with E-state index in [1.54, 1.807) is 0 Å². The highest BCUT2D eigenvalue weighted by atomic mass is 16.7. The largest absolute Gasteiger partial charge is 0.457 e. The highest BCUT2D eigenvalue weighted by Crippen LogP contribution is 2.33. The minimum absolute atomic E-state index is 0.313. The number of rotatable bonds is 3. The van der Waals surface area contributed by atoms with Crippen LogP contribution in [0.4, 0.5) is 5.69 Å². The molecule has 2 aliphatic heterocycles. The van der Waals surface area contributed by atoms with Crippen molar-refractivity contribution in [1.29, 1.82) is 0 Å². The maximum Gasteiger partial charge on any atom is 0.171 e. The Hall–Kier alpha value is -2.04. The van der Waals surface area contributed by atoms with Crippen LogP contribution in [0.5, 0.6) is 11.5 Å². The van der Waals surface area contributed by atoms with Gasteiger partial charge in [-0.3, -0.25) is 0 Å². The Kier molecular flexibility index (Phi) is 3.93. The molecule has 2 heterocycles. The van der Waals surface area contributed by atoms with Gasteiger partial charge >= 0.3 is 0 Å². The molecule has 4 rings (SSSR count). The van der Waals surface area contributed by atoms with Crippen molar-refractivity contribution in [2.24, 2.45) is 0 Å². The second kappa shape index (κ2) is 6.22. The maximum atomic E-state index is 5.84. The summed E-state index contributed by atoms with van der Waals surface area (Å²) in [4.78, 5) is 2.38. The van der Waals surface area contributed by atoms with Crippen molar-refractivity contribution in [2.75, 3.05) is 31.2 Å². The van der Waals surface area contributed by atoms with Gasteiger partial charge in [0.05, 0.1) is 13.2 Å². The van der Waals surface area contributed by atoms with Crippen molar-refractivity contribution in [1.82, 2.24) is 0 Å². The molecular formula is C19H21NO3. The zero-order chi connectivity index (χ0) is 15.5. The summed E-state index contributed by atoms with van der Waals surface area (Å²) >= 11 is 0. The van der Waals surface area contributed by atoms with Crippen LogP contribution in [0.3, 0.4) is 0 Å². The van der Waals surface area contributed by atoms with Gasteiger partial charge in [-0.25, -0.2) is 0 Å². The molecule has 1 spiro atoms. The highest BCUT2D eigenvalue weighted by molar-refractivity contribution is 5.50. The first-order valence-electron chi connectivity index (χ1n) is 8.19. The molecule has 0 unspecified atom stereocenters. The third-order valence-electron chi connectivity index (χ3n) is 4.52. The SMILES string of the molecule is c1ccc(Oc2ccc(N3CCC4(CC3)OCCO4)cc2)cc1. The molecule has 0 bridgehead atoms. The molecule has 0 amide bonds. The molecule has 0 radical (unpaired) electrons. The predicted molar refractivity (Wildman–Crippen MR) is 89.0 cm³/mol. The molecule has 2 aromatic carbocycles. The van der Waals surface area contributed by atoms with Gasteiger partial charge in [0, 0.05) is 31.6 Å². The van der Waals surface area contributed by atoms with E-state index in [9.17, 15) is 0 Å². The molecule has 2 aromatic rings. The van der Waals surface area contributed by atoms with E-state index in [4.69, 9.17) is 14.2 Å². The number of para-hydroxylation sites is 1. The van der Waals surface area contributed by atoms with Crippen molar-refractivity contribution < 1.29 is 14.2 Å². The van der Waals surface area contributed by atoms with Crippen LogP contribution in [-0.2, 0) is 9.47 Å². The molecule has 0 aliphatic carbocycles. The van der Waals surface area contributed by atoms with Crippen LogP contribution >= 0.6 is 0 Å². The molecule has 2 aliphatic rings. The van der Waals surface area contributed by atoms with Gasteiger partial charge in [0.2, 0.25) is 0 Å². The Morgan fingerprint density at radius 3 is 2.04 bits per heavy atom. The summed E-state index contributed by atoms with van der Waals surface area (Å²) in [7, 11) is 0. The first kappa shape index (κ1) is 14.5. The Balaban J connectivity index is 1.39. The lowest BCUT2D eigenvalue weighted by atomic mass is 10.0. The summed E-state index contributed by atoms with van der Waals surface area (Å²) in [5.41, 5.74) is 1.22.